The lowest BCUT2D eigenvalue weighted by atomic mass is 10.0. The Labute approximate surface area is 298 Å². The Morgan fingerprint density at radius 1 is 0.625 bits per heavy atom. The number of hydrogen-bond acceptors (Lipinski definition) is 5. The van der Waals surface area contributed by atoms with Crippen molar-refractivity contribution < 1.29 is 32.9 Å². The van der Waals surface area contributed by atoms with E-state index in [1.165, 1.54) is 128 Å². The monoisotopic (exact) mass is 706 g/mol. The second-order valence-electron chi connectivity index (χ2n) is 15.4. The van der Waals surface area contributed by atoms with Crippen LogP contribution in [0.25, 0.3) is 0 Å². The van der Waals surface area contributed by atoms with Crippen LogP contribution in [0.4, 0.5) is 0 Å². The highest BCUT2D eigenvalue weighted by Gasteiger charge is 2.28. The molecule has 0 saturated carbocycles. The summed E-state index contributed by atoms with van der Waals surface area (Å²) in [6, 6.07) is -0.751. The Morgan fingerprint density at radius 2 is 1.00 bits per heavy atom. The van der Waals surface area contributed by atoms with Crippen molar-refractivity contribution in [1.82, 2.24) is 5.32 Å². The van der Waals surface area contributed by atoms with E-state index in [-0.39, 0.29) is 19.1 Å². The largest absolute Gasteiger partial charge is 0.472 e. The molecule has 8 nitrogen and oxygen atoms in total. The standard InChI is InChI=1S/C39H81N2O6P/c1-6-8-10-12-14-16-18-19-20-21-23-25-27-29-31-33-39(43)40-37(36-47-48(44,45)46-35-34-41(3,4)5)38(42)32-30-28-26-24-22-17-15-13-11-9-7-2/h37-38,42H,6-36H2,1-5H3,(H-,40,43,44,45)/p+1/t37-,38+/m0/s1. The van der Waals surface area contributed by atoms with E-state index >= 15 is 0 Å². The molecule has 0 heterocycles. The summed E-state index contributed by atoms with van der Waals surface area (Å²) in [6.07, 6.45) is 32.6. The van der Waals surface area contributed by atoms with Gasteiger partial charge in [0.25, 0.3) is 0 Å². The SMILES string of the molecule is CCCCCCCCCCCCCCCCCC(=O)N[C@@H](COP(=O)(O)OCC[N+](C)(C)C)[C@H](O)CCCCCCCCCCCCC. The average Bonchev–Trinajstić information content (AvgIpc) is 3.02. The Bertz CT molecular complexity index is 763. The van der Waals surface area contributed by atoms with Gasteiger partial charge in [-0.1, -0.05) is 174 Å². The molecule has 3 N–H and O–H groups in total. The third-order valence-electron chi connectivity index (χ3n) is 9.36. The summed E-state index contributed by atoms with van der Waals surface area (Å²) in [5.41, 5.74) is 0. The summed E-state index contributed by atoms with van der Waals surface area (Å²) in [4.78, 5) is 23.0. The summed E-state index contributed by atoms with van der Waals surface area (Å²) in [5, 5.41) is 13.9. The predicted molar refractivity (Wildman–Crippen MR) is 203 cm³/mol. The fourth-order valence-electron chi connectivity index (χ4n) is 6.05. The molecule has 3 atom stereocenters. The number of amides is 1. The van der Waals surface area contributed by atoms with Crippen molar-refractivity contribution in [2.45, 2.75) is 206 Å². The summed E-state index contributed by atoms with van der Waals surface area (Å²) < 4.78 is 23.5. The zero-order chi connectivity index (χ0) is 35.8. The molecule has 0 aliphatic heterocycles. The van der Waals surface area contributed by atoms with Gasteiger partial charge in [0.1, 0.15) is 13.2 Å². The number of nitrogens with zero attached hydrogens (tertiary/aromatic N) is 1. The van der Waals surface area contributed by atoms with Crippen molar-refractivity contribution in [3.63, 3.8) is 0 Å². The van der Waals surface area contributed by atoms with Crippen LogP contribution in [-0.4, -0.2) is 73.4 Å². The van der Waals surface area contributed by atoms with Gasteiger partial charge in [-0.25, -0.2) is 4.57 Å². The third-order valence-corrected chi connectivity index (χ3v) is 10.3. The highest BCUT2D eigenvalue weighted by molar-refractivity contribution is 7.47. The minimum atomic E-state index is -4.30. The number of likely N-dealkylation sites (N-methyl/N-ethyl adjacent to an activating group) is 1. The number of unbranched alkanes of at least 4 members (excludes halogenated alkanes) is 24. The van der Waals surface area contributed by atoms with E-state index in [1.807, 2.05) is 21.1 Å². The van der Waals surface area contributed by atoms with Gasteiger partial charge in [-0.2, -0.15) is 0 Å². The fraction of sp³-hybridized carbons (Fsp3) is 0.974. The molecular formula is C39H82N2O6P+. The zero-order valence-corrected chi connectivity index (χ0v) is 33.4. The van der Waals surface area contributed by atoms with Crippen LogP contribution in [0.1, 0.15) is 194 Å². The van der Waals surface area contributed by atoms with Crippen LogP contribution >= 0.6 is 7.82 Å². The number of rotatable bonds is 37. The van der Waals surface area contributed by atoms with E-state index < -0.39 is 20.0 Å². The summed E-state index contributed by atoms with van der Waals surface area (Å²) >= 11 is 0. The predicted octanol–water partition coefficient (Wildman–Crippen LogP) is 10.6. The van der Waals surface area contributed by atoms with Crippen molar-refractivity contribution in [2.75, 3.05) is 40.9 Å². The lowest BCUT2D eigenvalue weighted by Gasteiger charge is -2.26. The molecule has 288 valence electrons. The van der Waals surface area contributed by atoms with Crippen LogP contribution in [0.3, 0.4) is 0 Å². The summed E-state index contributed by atoms with van der Waals surface area (Å²) in [7, 11) is 1.62. The third kappa shape index (κ3) is 34.0. The molecule has 0 radical (unpaired) electrons. The first kappa shape index (κ1) is 47.5. The molecule has 0 aromatic carbocycles. The van der Waals surface area contributed by atoms with E-state index in [2.05, 4.69) is 19.2 Å². The van der Waals surface area contributed by atoms with Crippen molar-refractivity contribution in [1.29, 1.82) is 0 Å². The number of nitrogens with one attached hydrogen (secondary N) is 1. The van der Waals surface area contributed by atoms with Gasteiger partial charge in [-0.05, 0) is 12.8 Å². The van der Waals surface area contributed by atoms with E-state index in [9.17, 15) is 19.4 Å². The van der Waals surface area contributed by atoms with Crippen LogP contribution in [0, 0.1) is 0 Å². The maximum atomic E-state index is 12.8. The number of aliphatic hydroxyl groups excluding tert-OH is 1. The second kappa shape index (κ2) is 32.4. The van der Waals surface area contributed by atoms with Crippen molar-refractivity contribution in [3.8, 4) is 0 Å². The van der Waals surface area contributed by atoms with Gasteiger partial charge in [-0.15, -0.1) is 0 Å². The molecule has 0 aliphatic carbocycles. The number of hydrogen-bond donors (Lipinski definition) is 3. The Balaban J connectivity index is 4.38. The summed E-state index contributed by atoms with van der Waals surface area (Å²) in [6.45, 7) is 4.88. The molecule has 0 rings (SSSR count). The highest BCUT2D eigenvalue weighted by atomic mass is 31.2. The molecule has 9 heteroatoms. The lowest BCUT2D eigenvalue weighted by Crippen LogP contribution is -2.46. The van der Waals surface area contributed by atoms with E-state index in [1.54, 1.807) is 0 Å². The molecule has 0 aromatic rings. The quantitative estimate of drug-likeness (QED) is 0.0338. The highest BCUT2D eigenvalue weighted by Crippen LogP contribution is 2.43. The number of quaternary nitrogens is 1. The number of phosphoric ester groups is 1. The lowest BCUT2D eigenvalue weighted by molar-refractivity contribution is -0.870. The Morgan fingerprint density at radius 3 is 1.40 bits per heavy atom. The fourth-order valence-corrected chi connectivity index (χ4v) is 6.78. The number of carbonyl (C=O) groups is 1. The first-order valence-corrected chi connectivity index (χ1v) is 21.9. The topological polar surface area (TPSA) is 105 Å². The molecule has 1 unspecified atom stereocenters. The van der Waals surface area contributed by atoms with Crippen molar-refractivity contribution >= 4 is 13.7 Å². The van der Waals surface area contributed by atoms with E-state index in [4.69, 9.17) is 9.05 Å². The normalized spacial score (nSPS) is 14.6. The van der Waals surface area contributed by atoms with Gasteiger partial charge in [-0.3, -0.25) is 13.8 Å². The van der Waals surface area contributed by atoms with Crippen LogP contribution in [0.15, 0.2) is 0 Å². The van der Waals surface area contributed by atoms with Crippen LogP contribution in [0.2, 0.25) is 0 Å². The van der Waals surface area contributed by atoms with Gasteiger partial charge in [0.05, 0.1) is 39.9 Å². The van der Waals surface area contributed by atoms with Crippen LogP contribution in [0.5, 0.6) is 0 Å². The number of phosphoric acid groups is 1. The first-order chi connectivity index (χ1) is 23.0. The molecule has 48 heavy (non-hydrogen) atoms. The van der Waals surface area contributed by atoms with Gasteiger partial charge >= 0.3 is 7.82 Å². The van der Waals surface area contributed by atoms with Crippen LogP contribution in [-0.2, 0) is 18.4 Å². The van der Waals surface area contributed by atoms with E-state index in [0.717, 1.165) is 38.5 Å². The van der Waals surface area contributed by atoms with Gasteiger partial charge in [0.2, 0.25) is 5.91 Å². The molecule has 0 bridgehead atoms. The van der Waals surface area contributed by atoms with Crippen molar-refractivity contribution in [2.24, 2.45) is 0 Å². The Kier molecular flexibility index (Phi) is 32.1. The van der Waals surface area contributed by atoms with Crippen molar-refractivity contribution in [3.05, 3.63) is 0 Å². The molecular weight excluding hydrogens is 623 g/mol. The van der Waals surface area contributed by atoms with Gasteiger partial charge in [0.15, 0.2) is 0 Å². The molecule has 0 fully saturated rings. The molecule has 0 aromatic heterocycles. The molecule has 0 saturated heterocycles. The molecule has 1 amide bonds. The second-order valence-corrected chi connectivity index (χ2v) is 16.8. The smallest absolute Gasteiger partial charge is 0.391 e. The summed E-state index contributed by atoms with van der Waals surface area (Å²) in [5.74, 6) is -0.144. The average molecular weight is 706 g/mol. The van der Waals surface area contributed by atoms with Gasteiger partial charge < -0.3 is 19.8 Å². The first-order valence-electron chi connectivity index (χ1n) is 20.4. The van der Waals surface area contributed by atoms with E-state index in [0.29, 0.717) is 23.9 Å². The number of carbonyl (C=O) groups excluding carboxylic acids is 1. The minimum absolute atomic E-state index is 0.0782. The maximum Gasteiger partial charge on any atom is 0.472 e. The molecule has 0 spiro atoms. The molecule has 0 aliphatic rings. The Hall–Kier alpha value is -0.500. The van der Waals surface area contributed by atoms with Crippen LogP contribution < -0.4 is 5.32 Å². The van der Waals surface area contributed by atoms with Gasteiger partial charge in [0, 0.05) is 6.42 Å². The minimum Gasteiger partial charge on any atom is -0.391 e. The number of aliphatic hydroxyl groups is 1. The maximum absolute atomic E-state index is 12.8. The zero-order valence-electron chi connectivity index (χ0n) is 32.5.